The Labute approximate surface area is 155 Å². The number of hydrogen-bond acceptors (Lipinski definition) is 6. The number of carbonyl (C=O) groups is 2. The van der Waals surface area contributed by atoms with Gasteiger partial charge < -0.3 is 14.8 Å². The standard InChI is InChI=1S/C18H19N5O4/c1-12-2-4-13(5-3-12)15-9-20-17(27-15)7-6-16(24)19-8-14-10-23(22-21-14)11-18(25)26/h2-5,9-10H,6-8,11H2,1H3,(H,19,24)(H,25,26). The maximum Gasteiger partial charge on any atom is 0.325 e. The van der Waals surface area contributed by atoms with Gasteiger partial charge in [0.1, 0.15) is 12.2 Å². The van der Waals surface area contributed by atoms with Crippen LogP contribution in [0.15, 0.2) is 41.1 Å². The van der Waals surface area contributed by atoms with E-state index in [-0.39, 0.29) is 25.4 Å². The highest BCUT2D eigenvalue weighted by molar-refractivity contribution is 5.76. The number of aliphatic carboxylic acids is 1. The van der Waals surface area contributed by atoms with E-state index in [4.69, 9.17) is 9.52 Å². The number of nitrogens with zero attached hydrogens (tertiary/aromatic N) is 4. The normalized spacial score (nSPS) is 10.7. The second kappa shape index (κ2) is 8.26. The number of carboxylic acid groups (broad SMARTS) is 1. The third-order valence-corrected chi connectivity index (χ3v) is 3.81. The molecule has 140 valence electrons. The molecule has 3 rings (SSSR count). The number of benzene rings is 1. The van der Waals surface area contributed by atoms with E-state index in [2.05, 4.69) is 20.6 Å². The molecule has 0 aliphatic carbocycles. The van der Waals surface area contributed by atoms with Gasteiger partial charge in [-0.3, -0.25) is 9.59 Å². The first-order chi connectivity index (χ1) is 13.0. The SMILES string of the molecule is Cc1ccc(-c2cnc(CCC(=O)NCc3cn(CC(=O)O)nn3)o2)cc1. The molecule has 1 aromatic carbocycles. The predicted molar refractivity (Wildman–Crippen MR) is 94.5 cm³/mol. The van der Waals surface area contributed by atoms with Gasteiger partial charge in [0.25, 0.3) is 0 Å². The highest BCUT2D eigenvalue weighted by Gasteiger charge is 2.10. The molecular weight excluding hydrogens is 350 g/mol. The zero-order valence-corrected chi connectivity index (χ0v) is 14.8. The van der Waals surface area contributed by atoms with E-state index in [1.165, 1.54) is 10.9 Å². The van der Waals surface area contributed by atoms with Crippen LogP contribution in [0.5, 0.6) is 0 Å². The van der Waals surface area contributed by atoms with E-state index in [1.54, 1.807) is 6.20 Å². The van der Waals surface area contributed by atoms with Gasteiger partial charge in [-0.05, 0) is 6.92 Å². The number of aryl methyl sites for hydroxylation is 2. The summed E-state index contributed by atoms with van der Waals surface area (Å²) in [6.45, 7) is 1.92. The fourth-order valence-corrected chi connectivity index (χ4v) is 2.41. The molecule has 0 saturated heterocycles. The lowest BCUT2D eigenvalue weighted by atomic mass is 10.1. The largest absolute Gasteiger partial charge is 0.480 e. The molecule has 27 heavy (non-hydrogen) atoms. The van der Waals surface area contributed by atoms with Crippen molar-refractivity contribution in [1.82, 2.24) is 25.3 Å². The molecule has 0 fully saturated rings. The molecule has 0 bridgehead atoms. The Balaban J connectivity index is 1.46. The topological polar surface area (TPSA) is 123 Å². The van der Waals surface area contributed by atoms with Gasteiger partial charge in [0.15, 0.2) is 11.7 Å². The van der Waals surface area contributed by atoms with E-state index in [0.29, 0.717) is 23.8 Å². The summed E-state index contributed by atoms with van der Waals surface area (Å²) in [6, 6.07) is 7.92. The van der Waals surface area contributed by atoms with Gasteiger partial charge in [-0.15, -0.1) is 5.10 Å². The van der Waals surface area contributed by atoms with Crippen molar-refractivity contribution < 1.29 is 19.1 Å². The van der Waals surface area contributed by atoms with Crippen molar-refractivity contribution in [3.8, 4) is 11.3 Å². The molecule has 0 radical (unpaired) electrons. The van der Waals surface area contributed by atoms with Gasteiger partial charge in [-0.25, -0.2) is 9.67 Å². The lowest BCUT2D eigenvalue weighted by Crippen LogP contribution is -2.23. The second-order valence-electron chi connectivity index (χ2n) is 6.06. The van der Waals surface area contributed by atoms with Gasteiger partial charge in [-0.1, -0.05) is 35.0 Å². The number of carbonyl (C=O) groups excluding carboxylic acids is 1. The first kappa shape index (κ1) is 18.3. The molecule has 0 aliphatic heterocycles. The number of aromatic nitrogens is 4. The Kier molecular flexibility index (Phi) is 5.60. The van der Waals surface area contributed by atoms with Crippen LogP contribution in [-0.2, 0) is 29.1 Å². The molecule has 3 aromatic rings. The quantitative estimate of drug-likeness (QED) is 0.618. The van der Waals surface area contributed by atoms with Crippen molar-refractivity contribution in [2.75, 3.05) is 0 Å². The van der Waals surface area contributed by atoms with Crippen LogP contribution in [0.3, 0.4) is 0 Å². The van der Waals surface area contributed by atoms with Crippen molar-refractivity contribution >= 4 is 11.9 Å². The zero-order valence-electron chi connectivity index (χ0n) is 14.8. The summed E-state index contributed by atoms with van der Waals surface area (Å²) in [4.78, 5) is 26.8. The number of amides is 1. The number of carboxylic acids is 1. The van der Waals surface area contributed by atoms with Gasteiger partial charge in [0, 0.05) is 18.4 Å². The third-order valence-electron chi connectivity index (χ3n) is 3.81. The van der Waals surface area contributed by atoms with Crippen LogP contribution in [0.2, 0.25) is 0 Å². The van der Waals surface area contributed by atoms with E-state index < -0.39 is 5.97 Å². The van der Waals surface area contributed by atoms with Gasteiger partial charge >= 0.3 is 5.97 Å². The molecular formula is C18H19N5O4. The molecule has 0 atom stereocenters. The Hall–Kier alpha value is -3.49. The number of oxazole rings is 1. The Morgan fingerprint density at radius 2 is 2.04 bits per heavy atom. The molecule has 2 N–H and O–H groups in total. The Morgan fingerprint density at radius 3 is 2.78 bits per heavy atom. The molecule has 9 heteroatoms. The molecule has 9 nitrogen and oxygen atoms in total. The first-order valence-corrected chi connectivity index (χ1v) is 8.39. The Morgan fingerprint density at radius 1 is 1.26 bits per heavy atom. The first-order valence-electron chi connectivity index (χ1n) is 8.39. The minimum atomic E-state index is -1.01. The summed E-state index contributed by atoms with van der Waals surface area (Å²) in [7, 11) is 0. The van der Waals surface area contributed by atoms with E-state index in [1.807, 2.05) is 31.2 Å². The van der Waals surface area contributed by atoms with Crippen molar-refractivity contribution in [1.29, 1.82) is 0 Å². The van der Waals surface area contributed by atoms with Gasteiger partial charge in [0.05, 0.1) is 18.9 Å². The molecule has 1 amide bonds. The molecule has 2 aromatic heterocycles. The number of rotatable bonds is 8. The van der Waals surface area contributed by atoms with Gasteiger partial charge in [0.2, 0.25) is 5.91 Å². The summed E-state index contributed by atoms with van der Waals surface area (Å²) >= 11 is 0. The minimum absolute atomic E-state index is 0.179. The third kappa shape index (κ3) is 5.24. The number of hydrogen-bond donors (Lipinski definition) is 2. The van der Waals surface area contributed by atoms with Crippen molar-refractivity contribution in [3.05, 3.63) is 53.8 Å². The maximum absolute atomic E-state index is 12.0. The van der Waals surface area contributed by atoms with Crippen LogP contribution in [0.25, 0.3) is 11.3 Å². The second-order valence-corrected chi connectivity index (χ2v) is 6.06. The van der Waals surface area contributed by atoms with E-state index in [0.717, 1.165) is 11.1 Å². The average Bonchev–Trinajstić information content (AvgIpc) is 3.28. The maximum atomic E-state index is 12.0. The van der Waals surface area contributed by atoms with Crippen LogP contribution < -0.4 is 5.32 Å². The van der Waals surface area contributed by atoms with Crippen molar-refractivity contribution in [3.63, 3.8) is 0 Å². The highest BCUT2D eigenvalue weighted by atomic mass is 16.4. The number of nitrogens with one attached hydrogen (secondary N) is 1. The average molecular weight is 369 g/mol. The van der Waals surface area contributed by atoms with Gasteiger partial charge in [-0.2, -0.15) is 0 Å². The summed E-state index contributed by atoms with van der Waals surface area (Å²) in [6.07, 6.45) is 3.73. The van der Waals surface area contributed by atoms with E-state index >= 15 is 0 Å². The summed E-state index contributed by atoms with van der Waals surface area (Å²) < 4.78 is 6.89. The minimum Gasteiger partial charge on any atom is -0.480 e. The lowest BCUT2D eigenvalue weighted by Gasteiger charge is -2.01. The predicted octanol–water partition coefficient (Wildman–Crippen LogP) is 1.58. The molecule has 0 saturated carbocycles. The summed E-state index contributed by atoms with van der Waals surface area (Å²) in [5.74, 6) is -0.0297. The van der Waals surface area contributed by atoms with Crippen molar-refractivity contribution in [2.45, 2.75) is 32.9 Å². The molecule has 0 spiro atoms. The van der Waals surface area contributed by atoms with Crippen LogP contribution in [0, 0.1) is 6.92 Å². The summed E-state index contributed by atoms with van der Waals surface area (Å²) in [5.41, 5.74) is 2.59. The van der Waals surface area contributed by atoms with E-state index in [9.17, 15) is 9.59 Å². The molecule has 0 unspecified atom stereocenters. The molecule has 2 heterocycles. The lowest BCUT2D eigenvalue weighted by molar-refractivity contribution is -0.138. The highest BCUT2D eigenvalue weighted by Crippen LogP contribution is 2.21. The monoisotopic (exact) mass is 369 g/mol. The van der Waals surface area contributed by atoms with Crippen LogP contribution in [0.4, 0.5) is 0 Å². The van der Waals surface area contributed by atoms with Crippen LogP contribution >= 0.6 is 0 Å². The zero-order chi connectivity index (χ0) is 19.2. The van der Waals surface area contributed by atoms with Crippen LogP contribution in [-0.4, -0.2) is 37.0 Å². The fraction of sp³-hybridized carbons (Fsp3) is 0.278. The smallest absolute Gasteiger partial charge is 0.325 e. The fourth-order valence-electron chi connectivity index (χ4n) is 2.41. The Bertz CT molecular complexity index is 929. The summed E-state index contributed by atoms with van der Waals surface area (Å²) in [5, 5.41) is 18.9. The van der Waals surface area contributed by atoms with Crippen molar-refractivity contribution in [2.24, 2.45) is 0 Å². The van der Waals surface area contributed by atoms with Crippen LogP contribution in [0.1, 0.15) is 23.6 Å². The molecule has 0 aliphatic rings.